The van der Waals surface area contributed by atoms with E-state index < -0.39 is 0 Å². The van der Waals surface area contributed by atoms with Crippen LogP contribution in [0.1, 0.15) is 21.7 Å². The quantitative estimate of drug-likeness (QED) is 0.797. The Bertz CT molecular complexity index is 720. The topological polar surface area (TPSA) is 46.9 Å². The maximum atomic E-state index is 12.2. The van der Waals surface area contributed by atoms with Gasteiger partial charge in [0.25, 0.3) is 5.91 Å². The molecule has 0 unspecified atom stereocenters. The van der Waals surface area contributed by atoms with Crippen molar-refractivity contribution in [2.45, 2.75) is 6.42 Å². The molecule has 21 heavy (non-hydrogen) atoms. The lowest BCUT2D eigenvalue weighted by atomic mass is 10.1. The highest BCUT2D eigenvalue weighted by atomic mass is 16.2. The second kappa shape index (κ2) is 6.05. The highest BCUT2D eigenvalue weighted by Gasteiger charge is 2.08. The molecule has 1 heterocycles. The Hall–Kier alpha value is -2.88. The summed E-state index contributed by atoms with van der Waals surface area (Å²) in [6, 6.07) is 19.2. The van der Waals surface area contributed by atoms with E-state index in [4.69, 9.17) is 0 Å². The zero-order chi connectivity index (χ0) is 14.5. The Morgan fingerprint density at radius 2 is 1.67 bits per heavy atom. The Morgan fingerprint density at radius 1 is 1.00 bits per heavy atom. The third-order valence-corrected chi connectivity index (χ3v) is 3.18. The number of amides is 1. The van der Waals surface area contributed by atoms with Crippen molar-refractivity contribution in [1.82, 2.24) is 9.66 Å². The third kappa shape index (κ3) is 3.17. The Balaban J connectivity index is 1.75. The van der Waals surface area contributed by atoms with Crippen LogP contribution in [0.25, 0.3) is 0 Å². The van der Waals surface area contributed by atoms with Gasteiger partial charge in [0, 0.05) is 24.4 Å². The molecule has 104 valence electrons. The average Bonchev–Trinajstić information content (AvgIpc) is 2.96. The predicted octanol–water partition coefficient (Wildman–Crippen LogP) is 2.86. The molecule has 4 heteroatoms. The molecular weight excluding hydrogens is 262 g/mol. The van der Waals surface area contributed by atoms with Crippen molar-refractivity contribution >= 4 is 5.91 Å². The minimum atomic E-state index is -0.150. The van der Waals surface area contributed by atoms with Gasteiger partial charge in [-0.1, -0.05) is 48.5 Å². The fourth-order valence-electron chi connectivity index (χ4n) is 2.11. The lowest BCUT2D eigenvalue weighted by Crippen LogP contribution is -2.24. The molecule has 3 rings (SSSR count). The summed E-state index contributed by atoms with van der Waals surface area (Å²) in [6.07, 6.45) is 4.10. The summed E-state index contributed by atoms with van der Waals surface area (Å²) >= 11 is 0. The molecule has 0 bridgehead atoms. The minimum Gasteiger partial charge on any atom is -0.267 e. The fraction of sp³-hybridized carbons (Fsp3) is 0.0588. The summed E-state index contributed by atoms with van der Waals surface area (Å²) in [5.74, 6) is 0.647. The van der Waals surface area contributed by atoms with Gasteiger partial charge in [0.2, 0.25) is 0 Å². The van der Waals surface area contributed by atoms with Gasteiger partial charge in [-0.2, -0.15) is 0 Å². The minimum absolute atomic E-state index is 0.150. The third-order valence-electron chi connectivity index (χ3n) is 3.18. The van der Waals surface area contributed by atoms with Gasteiger partial charge in [0.05, 0.1) is 0 Å². The number of carbonyl (C=O) groups is 1. The van der Waals surface area contributed by atoms with Crippen LogP contribution in [0, 0.1) is 0 Å². The van der Waals surface area contributed by atoms with Gasteiger partial charge in [-0.05, 0) is 17.7 Å². The van der Waals surface area contributed by atoms with Crippen molar-refractivity contribution in [2.75, 3.05) is 5.43 Å². The average molecular weight is 277 g/mol. The van der Waals surface area contributed by atoms with Crippen molar-refractivity contribution < 1.29 is 4.79 Å². The lowest BCUT2D eigenvalue weighted by Gasteiger charge is -2.09. The summed E-state index contributed by atoms with van der Waals surface area (Å²) in [7, 11) is 0. The van der Waals surface area contributed by atoms with Gasteiger partial charge in [0.1, 0.15) is 5.82 Å². The van der Waals surface area contributed by atoms with Crippen molar-refractivity contribution in [2.24, 2.45) is 0 Å². The Morgan fingerprint density at radius 3 is 2.38 bits per heavy atom. The monoisotopic (exact) mass is 277 g/mol. The van der Waals surface area contributed by atoms with E-state index >= 15 is 0 Å². The van der Waals surface area contributed by atoms with E-state index in [0.717, 1.165) is 11.4 Å². The highest BCUT2D eigenvalue weighted by molar-refractivity contribution is 5.99. The number of benzene rings is 2. The van der Waals surface area contributed by atoms with Crippen molar-refractivity contribution in [3.8, 4) is 0 Å². The first-order valence-electron chi connectivity index (χ1n) is 6.75. The number of aromatic nitrogens is 2. The lowest BCUT2D eigenvalue weighted by molar-refractivity contribution is 0.101. The SMILES string of the molecule is O=C(Nn1ccnc1Cc1ccccc1)c1ccccc1. The number of imidazole rings is 1. The Labute approximate surface area is 123 Å². The van der Waals surface area contributed by atoms with Crippen LogP contribution in [0.5, 0.6) is 0 Å². The van der Waals surface area contributed by atoms with Gasteiger partial charge in [0.15, 0.2) is 0 Å². The van der Waals surface area contributed by atoms with Crippen LogP contribution in [0.15, 0.2) is 73.1 Å². The molecule has 0 radical (unpaired) electrons. The van der Waals surface area contributed by atoms with Gasteiger partial charge < -0.3 is 0 Å². The maximum Gasteiger partial charge on any atom is 0.270 e. The first kappa shape index (κ1) is 13.1. The number of rotatable bonds is 4. The van der Waals surface area contributed by atoms with Crippen LogP contribution in [-0.4, -0.2) is 15.6 Å². The van der Waals surface area contributed by atoms with Gasteiger partial charge >= 0.3 is 0 Å². The molecular formula is C17H15N3O. The molecule has 0 aliphatic carbocycles. The Kier molecular flexibility index (Phi) is 3.78. The molecule has 0 spiro atoms. The highest BCUT2D eigenvalue weighted by Crippen LogP contribution is 2.07. The van der Waals surface area contributed by atoms with E-state index in [1.807, 2.05) is 48.5 Å². The summed E-state index contributed by atoms with van der Waals surface area (Å²) in [5.41, 5.74) is 4.62. The molecule has 0 fully saturated rings. The van der Waals surface area contributed by atoms with Crippen molar-refractivity contribution in [1.29, 1.82) is 0 Å². The number of carbonyl (C=O) groups excluding carboxylic acids is 1. The molecule has 1 amide bonds. The number of hydrogen-bond donors (Lipinski definition) is 1. The zero-order valence-corrected chi connectivity index (χ0v) is 11.4. The van der Waals surface area contributed by atoms with Crippen LogP contribution in [0.4, 0.5) is 0 Å². The van der Waals surface area contributed by atoms with E-state index in [1.54, 1.807) is 29.2 Å². The van der Waals surface area contributed by atoms with Crippen LogP contribution in [-0.2, 0) is 6.42 Å². The molecule has 0 atom stereocenters. The molecule has 0 saturated heterocycles. The number of hydrogen-bond acceptors (Lipinski definition) is 2. The van der Waals surface area contributed by atoms with E-state index in [-0.39, 0.29) is 5.91 Å². The van der Waals surface area contributed by atoms with E-state index in [1.165, 1.54) is 0 Å². The summed E-state index contributed by atoms with van der Waals surface area (Å²) in [6.45, 7) is 0. The van der Waals surface area contributed by atoms with E-state index in [9.17, 15) is 4.79 Å². The van der Waals surface area contributed by atoms with E-state index in [2.05, 4.69) is 10.4 Å². The molecule has 0 aliphatic rings. The summed E-state index contributed by atoms with van der Waals surface area (Å²) in [5, 5.41) is 0. The standard InChI is InChI=1S/C17H15N3O/c21-17(15-9-5-2-6-10-15)19-20-12-11-18-16(20)13-14-7-3-1-4-8-14/h1-12H,13H2,(H,19,21). The van der Waals surface area contributed by atoms with Gasteiger partial charge in [-0.25, -0.2) is 9.66 Å². The van der Waals surface area contributed by atoms with Gasteiger partial charge in [-0.15, -0.1) is 0 Å². The second-order valence-corrected chi connectivity index (χ2v) is 4.68. The number of nitrogens with zero attached hydrogens (tertiary/aromatic N) is 2. The van der Waals surface area contributed by atoms with E-state index in [0.29, 0.717) is 12.0 Å². The maximum absolute atomic E-state index is 12.2. The molecule has 0 saturated carbocycles. The first-order chi connectivity index (χ1) is 10.3. The predicted molar refractivity (Wildman–Crippen MR) is 81.6 cm³/mol. The first-order valence-corrected chi connectivity index (χ1v) is 6.75. The molecule has 2 aromatic carbocycles. The molecule has 1 aromatic heterocycles. The van der Waals surface area contributed by atoms with Crippen LogP contribution >= 0.6 is 0 Å². The molecule has 0 aliphatic heterocycles. The van der Waals surface area contributed by atoms with Crippen molar-refractivity contribution in [3.63, 3.8) is 0 Å². The molecule has 4 nitrogen and oxygen atoms in total. The number of nitrogens with one attached hydrogen (secondary N) is 1. The van der Waals surface area contributed by atoms with Crippen LogP contribution < -0.4 is 5.43 Å². The van der Waals surface area contributed by atoms with Crippen LogP contribution in [0.2, 0.25) is 0 Å². The molecule has 1 N–H and O–H groups in total. The smallest absolute Gasteiger partial charge is 0.267 e. The summed E-state index contributed by atoms with van der Waals surface area (Å²) < 4.78 is 1.67. The summed E-state index contributed by atoms with van der Waals surface area (Å²) in [4.78, 5) is 16.5. The van der Waals surface area contributed by atoms with Gasteiger partial charge in [-0.3, -0.25) is 10.2 Å². The largest absolute Gasteiger partial charge is 0.270 e. The fourth-order valence-corrected chi connectivity index (χ4v) is 2.11. The zero-order valence-electron chi connectivity index (χ0n) is 11.4. The second-order valence-electron chi connectivity index (χ2n) is 4.68. The van der Waals surface area contributed by atoms with Crippen molar-refractivity contribution in [3.05, 3.63) is 90.0 Å². The normalized spacial score (nSPS) is 10.3. The van der Waals surface area contributed by atoms with Crippen LogP contribution in [0.3, 0.4) is 0 Å². The molecule has 3 aromatic rings.